The molecule has 0 spiro atoms. The van der Waals surface area contributed by atoms with Gasteiger partial charge in [0.1, 0.15) is 22.2 Å². The topological polar surface area (TPSA) is 67.8 Å². The van der Waals surface area contributed by atoms with Crippen molar-refractivity contribution in [3.8, 4) is 21.8 Å². The van der Waals surface area contributed by atoms with Gasteiger partial charge in [0.2, 0.25) is 0 Å². The Morgan fingerprint density at radius 1 is 1.03 bits per heavy atom. The van der Waals surface area contributed by atoms with E-state index in [1.807, 2.05) is 37.4 Å². The van der Waals surface area contributed by atoms with Crippen molar-refractivity contribution in [3.05, 3.63) is 82.6 Å². The summed E-state index contributed by atoms with van der Waals surface area (Å²) >= 11 is 1.57. The highest BCUT2D eigenvalue weighted by atomic mass is 32.1. The molecule has 4 aromatic rings. The van der Waals surface area contributed by atoms with Crippen molar-refractivity contribution >= 4 is 23.1 Å². The third kappa shape index (κ3) is 3.95. The summed E-state index contributed by atoms with van der Waals surface area (Å²) in [4.78, 5) is 25.2. The number of thiazole rings is 1. The molecule has 0 saturated carbocycles. The minimum Gasteiger partial charge on any atom is -0.305 e. The lowest BCUT2D eigenvalue weighted by Crippen LogP contribution is -2.16. The summed E-state index contributed by atoms with van der Waals surface area (Å²) < 4.78 is 27.5. The van der Waals surface area contributed by atoms with Crippen molar-refractivity contribution in [1.29, 1.82) is 0 Å². The second-order valence-corrected chi connectivity index (χ2v) is 7.52. The monoisotopic (exact) mass is 422 g/mol. The molecule has 2 aromatic carbocycles. The second kappa shape index (κ2) is 8.08. The summed E-state index contributed by atoms with van der Waals surface area (Å²) in [6.45, 7) is 3.91. The molecule has 1 N–H and O–H groups in total. The number of hydrogen-bond donors (Lipinski definition) is 1. The number of anilines is 1. The second-order valence-electron chi connectivity index (χ2n) is 6.66. The molecule has 2 aromatic heterocycles. The summed E-state index contributed by atoms with van der Waals surface area (Å²) in [7, 11) is 0. The van der Waals surface area contributed by atoms with Crippen LogP contribution >= 0.6 is 11.3 Å². The van der Waals surface area contributed by atoms with E-state index in [0.29, 0.717) is 5.69 Å². The zero-order chi connectivity index (χ0) is 21.3. The first-order valence-electron chi connectivity index (χ1n) is 9.03. The van der Waals surface area contributed by atoms with Crippen LogP contribution in [0.2, 0.25) is 0 Å². The lowest BCUT2D eigenvalue weighted by atomic mass is 10.0. The average molecular weight is 422 g/mol. The molecule has 0 fully saturated rings. The summed E-state index contributed by atoms with van der Waals surface area (Å²) in [5, 5.41) is 5.28. The van der Waals surface area contributed by atoms with Crippen LogP contribution in [0.3, 0.4) is 0 Å². The number of nitrogens with one attached hydrogen (secondary N) is 1. The number of benzene rings is 2. The van der Waals surface area contributed by atoms with E-state index in [2.05, 4.69) is 20.3 Å². The van der Waals surface area contributed by atoms with Crippen molar-refractivity contribution in [2.45, 2.75) is 13.8 Å². The number of nitrogens with zero attached hydrogens (tertiary/aromatic N) is 3. The lowest BCUT2D eigenvalue weighted by molar-refractivity contribution is 0.101. The Kier molecular flexibility index (Phi) is 5.33. The highest BCUT2D eigenvalue weighted by Crippen LogP contribution is 2.30. The van der Waals surface area contributed by atoms with Crippen LogP contribution in [-0.4, -0.2) is 20.9 Å². The number of halogens is 2. The minimum absolute atomic E-state index is 0.0933. The van der Waals surface area contributed by atoms with Crippen molar-refractivity contribution in [3.63, 3.8) is 0 Å². The lowest BCUT2D eigenvalue weighted by Gasteiger charge is -2.09. The summed E-state index contributed by atoms with van der Waals surface area (Å²) in [6, 6.07) is 9.21. The molecule has 0 unspecified atom stereocenters. The van der Waals surface area contributed by atoms with E-state index < -0.39 is 23.1 Å². The molecule has 150 valence electrons. The maximum Gasteiger partial charge on any atom is 0.262 e. The predicted molar refractivity (Wildman–Crippen MR) is 112 cm³/mol. The van der Waals surface area contributed by atoms with Crippen LogP contribution in [0.5, 0.6) is 0 Å². The molecule has 0 atom stereocenters. The highest BCUT2D eigenvalue weighted by molar-refractivity contribution is 7.13. The smallest absolute Gasteiger partial charge is 0.262 e. The van der Waals surface area contributed by atoms with Gasteiger partial charge >= 0.3 is 0 Å². The van der Waals surface area contributed by atoms with Gasteiger partial charge in [0.05, 0.1) is 18.1 Å². The van der Waals surface area contributed by atoms with E-state index in [0.717, 1.165) is 39.5 Å². The SMILES string of the molecule is Cc1csc(-c2ccc(C)c(-c3cnc(NC(=O)c4c(F)cccc4F)cn3)c2)n1. The maximum atomic E-state index is 13.8. The normalized spacial score (nSPS) is 10.8. The van der Waals surface area contributed by atoms with Gasteiger partial charge in [0, 0.05) is 22.2 Å². The Hall–Kier alpha value is -3.52. The van der Waals surface area contributed by atoms with Gasteiger partial charge in [-0.15, -0.1) is 11.3 Å². The zero-order valence-corrected chi connectivity index (χ0v) is 16.9. The first-order valence-corrected chi connectivity index (χ1v) is 9.91. The number of hydrogen-bond acceptors (Lipinski definition) is 5. The van der Waals surface area contributed by atoms with Gasteiger partial charge in [0.15, 0.2) is 5.82 Å². The van der Waals surface area contributed by atoms with Crippen LogP contribution in [0.4, 0.5) is 14.6 Å². The van der Waals surface area contributed by atoms with E-state index in [1.54, 1.807) is 11.3 Å². The molecule has 4 rings (SSSR count). The molecule has 8 heteroatoms. The molecule has 1 amide bonds. The number of aromatic nitrogens is 3. The largest absolute Gasteiger partial charge is 0.305 e. The zero-order valence-electron chi connectivity index (χ0n) is 16.1. The molecule has 0 bridgehead atoms. The molecule has 5 nitrogen and oxygen atoms in total. The van der Waals surface area contributed by atoms with Crippen LogP contribution in [0, 0.1) is 25.5 Å². The quantitative estimate of drug-likeness (QED) is 0.477. The molecular weight excluding hydrogens is 406 g/mol. The molecule has 2 heterocycles. The van der Waals surface area contributed by atoms with Crippen LogP contribution in [-0.2, 0) is 0 Å². The van der Waals surface area contributed by atoms with Gasteiger partial charge < -0.3 is 5.32 Å². The van der Waals surface area contributed by atoms with E-state index in [1.165, 1.54) is 18.5 Å². The van der Waals surface area contributed by atoms with E-state index in [4.69, 9.17) is 0 Å². The molecule has 0 aliphatic heterocycles. The van der Waals surface area contributed by atoms with Gasteiger partial charge in [-0.1, -0.05) is 18.2 Å². The Morgan fingerprint density at radius 3 is 2.43 bits per heavy atom. The van der Waals surface area contributed by atoms with Crippen LogP contribution < -0.4 is 5.32 Å². The van der Waals surface area contributed by atoms with Crippen LogP contribution in [0.1, 0.15) is 21.6 Å². The predicted octanol–water partition coefficient (Wildman–Crippen LogP) is 5.41. The van der Waals surface area contributed by atoms with Gasteiger partial charge in [-0.2, -0.15) is 0 Å². The molecule has 0 saturated heterocycles. The molecular formula is C22H16F2N4OS. The highest BCUT2D eigenvalue weighted by Gasteiger charge is 2.18. The fourth-order valence-corrected chi connectivity index (χ4v) is 3.74. The Morgan fingerprint density at radius 2 is 1.80 bits per heavy atom. The Bertz CT molecular complexity index is 1220. The third-order valence-corrected chi connectivity index (χ3v) is 5.47. The maximum absolute atomic E-state index is 13.8. The number of amides is 1. The summed E-state index contributed by atoms with van der Waals surface area (Å²) in [5.41, 5.74) is 3.77. The van der Waals surface area contributed by atoms with Crippen molar-refractivity contribution in [1.82, 2.24) is 15.0 Å². The molecule has 0 radical (unpaired) electrons. The number of carbonyl (C=O) groups is 1. The average Bonchev–Trinajstić information content (AvgIpc) is 3.15. The van der Waals surface area contributed by atoms with Crippen LogP contribution in [0.25, 0.3) is 21.8 Å². The third-order valence-electron chi connectivity index (χ3n) is 4.46. The fourth-order valence-electron chi connectivity index (χ4n) is 2.94. The van der Waals surface area contributed by atoms with Crippen molar-refractivity contribution < 1.29 is 13.6 Å². The van der Waals surface area contributed by atoms with E-state index in [9.17, 15) is 13.6 Å². The van der Waals surface area contributed by atoms with Gasteiger partial charge in [0.25, 0.3) is 5.91 Å². The molecule has 0 aliphatic rings. The molecule has 0 aliphatic carbocycles. The van der Waals surface area contributed by atoms with Gasteiger partial charge in [-0.3, -0.25) is 9.78 Å². The van der Waals surface area contributed by atoms with Gasteiger partial charge in [-0.05, 0) is 37.6 Å². The first-order chi connectivity index (χ1) is 14.4. The minimum atomic E-state index is -0.943. The van der Waals surface area contributed by atoms with Crippen molar-refractivity contribution in [2.24, 2.45) is 0 Å². The van der Waals surface area contributed by atoms with E-state index >= 15 is 0 Å². The number of aryl methyl sites for hydroxylation is 2. The van der Waals surface area contributed by atoms with Crippen LogP contribution in [0.15, 0.2) is 54.2 Å². The number of carbonyl (C=O) groups excluding carboxylic acids is 1. The van der Waals surface area contributed by atoms with Crippen molar-refractivity contribution in [2.75, 3.05) is 5.32 Å². The number of rotatable bonds is 4. The Balaban J connectivity index is 1.59. The van der Waals surface area contributed by atoms with Gasteiger partial charge in [-0.25, -0.2) is 18.7 Å². The summed E-state index contributed by atoms with van der Waals surface area (Å²) in [6.07, 6.45) is 2.86. The van der Waals surface area contributed by atoms with E-state index in [-0.39, 0.29) is 5.82 Å². The molecule has 30 heavy (non-hydrogen) atoms. The Labute approximate surface area is 175 Å². The standard InChI is InChI=1S/C22H16F2N4OS/c1-12-6-7-14(22-27-13(2)11-30-22)8-15(12)18-9-26-19(10-25-18)28-21(29)20-16(23)4-3-5-17(20)24/h3-11H,1-2H3,(H,26,28,29). The first kappa shape index (κ1) is 19.8. The summed E-state index contributed by atoms with van der Waals surface area (Å²) in [5.74, 6) is -2.72. The fraction of sp³-hybridized carbons (Fsp3) is 0.0909.